The molecule has 0 spiro atoms. The third kappa shape index (κ3) is 3.42. The van der Waals surface area contributed by atoms with Gasteiger partial charge < -0.3 is 10.3 Å². The molecular weight excluding hydrogens is 400 g/mol. The van der Waals surface area contributed by atoms with Gasteiger partial charge in [0.1, 0.15) is 18.5 Å². The zero-order valence-corrected chi connectivity index (χ0v) is 16.3. The maximum absolute atomic E-state index is 12.8. The fraction of sp³-hybridized carbons (Fsp3) is 0. The highest BCUT2D eigenvalue weighted by Gasteiger charge is 2.13. The number of halogens is 1. The van der Waals surface area contributed by atoms with Crippen LogP contribution in [0, 0.1) is 0 Å². The molecular formula is C22H15ClN6O. The van der Waals surface area contributed by atoms with Gasteiger partial charge in [-0.15, -0.1) is 10.2 Å². The zero-order valence-electron chi connectivity index (χ0n) is 15.6. The number of hydrogen-bond donors (Lipinski definition) is 2. The van der Waals surface area contributed by atoms with E-state index in [1.165, 1.54) is 0 Å². The topological polar surface area (TPSA) is 88.5 Å². The van der Waals surface area contributed by atoms with Crippen molar-refractivity contribution >= 4 is 34.2 Å². The van der Waals surface area contributed by atoms with Gasteiger partial charge in [-0.2, -0.15) is 0 Å². The second-order valence-corrected chi connectivity index (χ2v) is 7.07. The highest BCUT2D eigenvalue weighted by Crippen LogP contribution is 2.24. The molecule has 0 unspecified atom stereocenters. The third-order valence-electron chi connectivity index (χ3n) is 4.72. The van der Waals surface area contributed by atoms with Gasteiger partial charge in [0.05, 0.1) is 21.6 Å². The lowest BCUT2D eigenvalue weighted by atomic mass is 10.1. The number of carbonyl (C=O) groups excluding carboxylic acids is 1. The summed E-state index contributed by atoms with van der Waals surface area (Å²) in [6, 6.07) is 20.5. The van der Waals surface area contributed by atoms with Gasteiger partial charge in [-0.25, -0.2) is 4.98 Å². The molecule has 0 atom stereocenters. The van der Waals surface area contributed by atoms with Gasteiger partial charge in [-0.1, -0.05) is 23.7 Å². The number of rotatable bonds is 4. The Bertz CT molecular complexity index is 1310. The van der Waals surface area contributed by atoms with Crippen LogP contribution in [-0.4, -0.2) is 30.6 Å². The third-order valence-corrected chi connectivity index (χ3v) is 5.05. The molecule has 146 valence electrons. The molecule has 0 aliphatic heterocycles. The number of imidazole rings is 1. The summed E-state index contributed by atoms with van der Waals surface area (Å²) >= 11 is 6.25. The number of hydrogen-bond acceptors (Lipinski definition) is 4. The second kappa shape index (κ2) is 7.46. The Kier molecular flexibility index (Phi) is 4.49. The van der Waals surface area contributed by atoms with E-state index < -0.39 is 0 Å². The fourth-order valence-electron chi connectivity index (χ4n) is 3.18. The van der Waals surface area contributed by atoms with Crippen LogP contribution in [0.15, 0.2) is 79.4 Å². The lowest BCUT2D eigenvalue weighted by Crippen LogP contribution is -2.13. The van der Waals surface area contributed by atoms with E-state index in [4.69, 9.17) is 11.6 Å². The second-order valence-electron chi connectivity index (χ2n) is 6.67. The number of nitrogens with one attached hydrogen (secondary N) is 2. The normalized spacial score (nSPS) is 11.0. The molecule has 1 amide bonds. The van der Waals surface area contributed by atoms with Crippen LogP contribution in [0.5, 0.6) is 0 Å². The monoisotopic (exact) mass is 414 g/mol. The lowest BCUT2D eigenvalue weighted by Gasteiger charge is -2.09. The standard InChI is InChI=1S/C22H15ClN6O/c23-18-10-9-16(29-12-24-25-13-29)11-17(18)22(30)26-15-7-5-14(6-8-15)21-27-19-3-1-2-4-20(19)28-21/h1-13H,(H,26,30)(H,27,28). The van der Waals surface area contributed by atoms with Crippen LogP contribution in [0.25, 0.3) is 28.1 Å². The molecule has 0 saturated carbocycles. The predicted molar refractivity (Wildman–Crippen MR) is 116 cm³/mol. The zero-order chi connectivity index (χ0) is 20.5. The highest BCUT2D eigenvalue weighted by atomic mass is 35.5. The number of carbonyl (C=O) groups is 1. The number of aromatic nitrogens is 5. The summed E-state index contributed by atoms with van der Waals surface area (Å²) in [6.45, 7) is 0. The predicted octanol–water partition coefficient (Wildman–Crippen LogP) is 4.72. The SMILES string of the molecule is O=C(Nc1ccc(-c2nc3ccccc3[nH]2)cc1)c1cc(-n2cnnc2)ccc1Cl. The van der Waals surface area contributed by atoms with Crippen LogP contribution < -0.4 is 5.32 Å². The number of H-pyrrole nitrogens is 1. The van der Waals surface area contributed by atoms with E-state index in [0.717, 1.165) is 28.1 Å². The molecule has 7 nitrogen and oxygen atoms in total. The van der Waals surface area contributed by atoms with E-state index in [1.807, 2.05) is 48.5 Å². The number of anilines is 1. The summed E-state index contributed by atoms with van der Waals surface area (Å²) < 4.78 is 1.70. The Labute approximate surface area is 176 Å². The average molecular weight is 415 g/mol. The van der Waals surface area contributed by atoms with Gasteiger partial charge in [0.15, 0.2) is 0 Å². The van der Waals surface area contributed by atoms with Crippen molar-refractivity contribution in [3.8, 4) is 17.1 Å². The molecule has 3 aromatic carbocycles. The molecule has 2 aromatic heterocycles. The Morgan fingerprint density at radius 1 is 0.967 bits per heavy atom. The van der Waals surface area contributed by atoms with Crippen molar-refractivity contribution in [1.29, 1.82) is 0 Å². The quantitative estimate of drug-likeness (QED) is 0.445. The first-order valence-electron chi connectivity index (χ1n) is 9.18. The van der Waals surface area contributed by atoms with Crippen molar-refractivity contribution < 1.29 is 4.79 Å². The highest BCUT2D eigenvalue weighted by molar-refractivity contribution is 6.34. The maximum Gasteiger partial charge on any atom is 0.257 e. The molecule has 5 rings (SSSR count). The van der Waals surface area contributed by atoms with E-state index in [-0.39, 0.29) is 5.91 Å². The molecule has 2 N–H and O–H groups in total. The number of fused-ring (bicyclic) bond motifs is 1. The van der Waals surface area contributed by atoms with Gasteiger partial charge in [0.2, 0.25) is 0 Å². The summed E-state index contributed by atoms with van der Waals surface area (Å²) in [5, 5.41) is 10.8. The van der Waals surface area contributed by atoms with Crippen LogP contribution >= 0.6 is 11.6 Å². The molecule has 0 fully saturated rings. The minimum absolute atomic E-state index is 0.300. The summed E-state index contributed by atoms with van der Waals surface area (Å²) in [7, 11) is 0. The lowest BCUT2D eigenvalue weighted by molar-refractivity contribution is 0.102. The van der Waals surface area contributed by atoms with Crippen LogP contribution in [0.1, 0.15) is 10.4 Å². The molecule has 0 radical (unpaired) electrons. The van der Waals surface area contributed by atoms with Crippen molar-refractivity contribution in [1.82, 2.24) is 24.7 Å². The molecule has 5 aromatic rings. The van der Waals surface area contributed by atoms with Crippen molar-refractivity contribution in [2.45, 2.75) is 0 Å². The van der Waals surface area contributed by atoms with E-state index in [0.29, 0.717) is 16.3 Å². The number of para-hydroxylation sites is 2. The number of benzene rings is 3. The minimum Gasteiger partial charge on any atom is -0.338 e. The van der Waals surface area contributed by atoms with Gasteiger partial charge in [-0.3, -0.25) is 9.36 Å². The molecule has 30 heavy (non-hydrogen) atoms. The van der Waals surface area contributed by atoms with Crippen molar-refractivity contribution in [3.63, 3.8) is 0 Å². The van der Waals surface area contributed by atoms with Crippen LogP contribution in [0.3, 0.4) is 0 Å². The Hall–Kier alpha value is -3.97. The van der Waals surface area contributed by atoms with Crippen LogP contribution in [0.4, 0.5) is 5.69 Å². The summed E-state index contributed by atoms with van der Waals surface area (Å²) in [5.41, 5.74) is 4.58. The first-order chi connectivity index (χ1) is 14.7. The van der Waals surface area contributed by atoms with Gasteiger partial charge in [0, 0.05) is 16.9 Å². The smallest absolute Gasteiger partial charge is 0.257 e. The molecule has 0 aliphatic carbocycles. The number of aromatic amines is 1. The number of nitrogens with zero attached hydrogens (tertiary/aromatic N) is 4. The molecule has 0 bridgehead atoms. The van der Waals surface area contributed by atoms with Crippen molar-refractivity contribution in [2.24, 2.45) is 0 Å². The van der Waals surface area contributed by atoms with Crippen molar-refractivity contribution in [2.75, 3.05) is 5.32 Å². The molecule has 0 saturated heterocycles. The first-order valence-corrected chi connectivity index (χ1v) is 9.56. The van der Waals surface area contributed by atoms with Crippen LogP contribution in [-0.2, 0) is 0 Å². The molecule has 0 aliphatic rings. The number of amides is 1. The summed E-state index contributed by atoms with van der Waals surface area (Å²) in [6.07, 6.45) is 3.11. The first kappa shape index (κ1) is 18.1. The fourth-order valence-corrected chi connectivity index (χ4v) is 3.38. The summed E-state index contributed by atoms with van der Waals surface area (Å²) in [5.74, 6) is 0.477. The Morgan fingerprint density at radius 2 is 1.73 bits per heavy atom. The Balaban J connectivity index is 1.37. The minimum atomic E-state index is -0.300. The average Bonchev–Trinajstić information content (AvgIpc) is 3.44. The van der Waals surface area contributed by atoms with Gasteiger partial charge in [-0.05, 0) is 54.6 Å². The van der Waals surface area contributed by atoms with Crippen LogP contribution in [0.2, 0.25) is 5.02 Å². The van der Waals surface area contributed by atoms with E-state index in [2.05, 4.69) is 25.5 Å². The van der Waals surface area contributed by atoms with E-state index in [9.17, 15) is 4.79 Å². The van der Waals surface area contributed by atoms with Gasteiger partial charge >= 0.3 is 0 Å². The maximum atomic E-state index is 12.8. The van der Waals surface area contributed by atoms with Crippen molar-refractivity contribution in [3.05, 3.63) is 90.0 Å². The Morgan fingerprint density at radius 3 is 2.50 bits per heavy atom. The van der Waals surface area contributed by atoms with E-state index in [1.54, 1.807) is 35.4 Å². The van der Waals surface area contributed by atoms with E-state index >= 15 is 0 Å². The largest absolute Gasteiger partial charge is 0.338 e. The molecule has 2 heterocycles. The van der Waals surface area contributed by atoms with Gasteiger partial charge in [0.25, 0.3) is 5.91 Å². The molecule has 8 heteroatoms. The summed E-state index contributed by atoms with van der Waals surface area (Å²) in [4.78, 5) is 20.7.